The number of hydrogen-bond acceptors (Lipinski definition) is 14. The van der Waals surface area contributed by atoms with Crippen LogP contribution in [0.4, 0.5) is 30.2 Å². The Labute approximate surface area is 764 Å². The van der Waals surface area contributed by atoms with E-state index in [1.807, 2.05) is 69.5 Å². The van der Waals surface area contributed by atoms with E-state index in [0.717, 1.165) is 75.6 Å². The van der Waals surface area contributed by atoms with Crippen molar-refractivity contribution < 1.29 is 66.7 Å². The normalized spacial score (nSPS) is 25.1. The van der Waals surface area contributed by atoms with Crippen LogP contribution in [0.2, 0.25) is 30.1 Å². The number of carboxylic acids is 3. The number of methoxy groups -OCH3 is 1. The number of halogens is 9. The second-order valence-electron chi connectivity index (χ2n) is 35.3. The quantitative estimate of drug-likeness (QED) is 0.0556. The Morgan fingerprint density at radius 3 is 1.36 bits per heavy atom. The summed E-state index contributed by atoms with van der Waals surface area (Å²) >= 11 is 38.3. The van der Waals surface area contributed by atoms with Gasteiger partial charge in [-0.15, -0.1) is 0 Å². The van der Waals surface area contributed by atoms with Gasteiger partial charge in [0.15, 0.2) is 5.75 Å². The number of aromatic nitrogens is 6. The first-order chi connectivity index (χ1) is 62.2. The van der Waals surface area contributed by atoms with Crippen molar-refractivity contribution in [3.05, 3.63) is 302 Å². The largest absolute Gasteiger partial charge is 0.494 e. The van der Waals surface area contributed by atoms with E-state index < -0.39 is 87.9 Å². The van der Waals surface area contributed by atoms with Crippen LogP contribution in [0.15, 0.2) is 176 Å². The van der Waals surface area contributed by atoms with E-state index in [0.29, 0.717) is 140 Å². The van der Waals surface area contributed by atoms with Crippen LogP contribution in [0, 0.1) is 36.2 Å². The number of hydrogen-bond donors (Lipinski definition) is 6. The van der Waals surface area contributed by atoms with Crippen molar-refractivity contribution in [2.45, 2.75) is 136 Å². The third-order valence-corrected chi connectivity index (χ3v) is 30.3. The number of carbonyl (C=O) groups excluding carboxylic acids is 3. The zero-order valence-corrected chi connectivity index (χ0v) is 73.4. The summed E-state index contributed by atoms with van der Waals surface area (Å²) in [6.45, 7) is 5.90. The summed E-state index contributed by atoms with van der Waals surface area (Å²) in [5, 5.41) is 57.1. The second-order valence-corrected chi connectivity index (χ2v) is 37.9. The molecule has 2 aliphatic carbocycles. The molecule has 0 bridgehead atoms. The Morgan fingerprint density at radius 1 is 0.473 bits per heavy atom. The molecule has 5 fully saturated rings. The van der Waals surface area contributed by atoms with E-state index in [-0.39, 0.29) is 73.4 Å². The van der Waals surface area contributed by atoms with Gasteiger partial charge in [-0.2, -0.15) is 15.3 Å². The van der Waals surface area contributed by atoms with Gasteiger partial charge in [0.05, 0.1) is 69.1 Å². The fourth-order valence-electron chi connectivity index (χ4n) is 23.5. The lowest BCUT2D eigenvalue weighted by molar-refractivity contribution is -0.129. The first kappa shape index (κ1) is 83.1. The summed E-state index contributed by atoms with van der Waals surface area (Å²) in [5.74, 6) is -6.01. The summed E-state index contributed by atoms with van der Waals surface area (Å²) in [6.07, 6.45) is 5.87. The van der Waals surface area contributed by atoms with Crippen LogP contribution in [-0.4, -0.2) is 140 Å². The van der Waals surface area contributed by atoms with Gasteiger partial charge < -0.3 is 40.7 Å². The van der Waals surface area contributed by atoms with E-state index in [9.17, 15) is 44.1 Å². The highest BCUT2D eigenvalue weighted by molar-refractivity contribution is 6.33. The summed E-state index contributed by atoms with van der Waals surface area (Å²) in [5.41, 5.74) is 7.41. The maximum atomic E-state index is 16.4. The van der Waals surface area contributed by atoms with Crippen LogP contribution in [-0.2, 0) is 56.8 Å². The van der Waals surface area contributed by atoms with E-state index in [2.05, 4.69) is 30.7 Å². The Hall–Kier alpha value is -11.6. The monoisotopic (exact) mass is 1850 g/mol. The Balaban J connectivity index is 0.000000114. The number of nitrogens with one attached hydrogen (secondary N) is 3. The molecular weight excluding hydrogens is 1780 g/mol. The Bertz CT molecular complexity index is 7100. The van der Waals surface area contributed by atoms with Gasteiger partial charge in [0.1, 0.15) is 50.9 Å². The third kappa shape index (κ3) is 12.3. The number of nitrogens with zero attached hydrogens (tertiary/aromatic N) is 9. The molecule has 11 aliphatic rings. The van der Waals surface area contributed by atoms with E-state index >= 15 is 13.2 Å². The summed E-state index contributed by atoms with van der Waals surface area (Å²) < 4.78 is 65.6. The highest BCUT2D eigenvalue weighted by Crippen LogP contribution is 2.69. The minimum Gasteiger partial charge on any atom is -0.494 e. The molecule has 3 amide bonds. The van der Waals surface area contributed by atoms with Crippen molar-refractivity contribution in [1.29, 1.82) is 0 Å². The predicted molar refractivity (Wildman–Crippen MR) is 481 cm³/mol. The highest BCUT2D eigenvalue weighted by Gasteiger charge is 2.74. The molecule has 3 aromatic heterocycles. The Morgan fingerprint density at radius 2 is 0.907 bits per heavy atom. The average molecular weight is 1860 g/mol. The number of benzene rings is 10. The van der Waals surface area contributed by atoms with Gasteiger partial charge in [0.25, 0.3) is 0 Å². The fourth-order valence-corrected chi connectivity index (χ4v) is 24.5. The molecule has 2 saturated carbocycles. The van der Waals surface area contributed by atoms with Crippen molar-refractivity contribution in [3.63, 3.8) is 0 Å². The maximum absolute atomic E-state index is 16.4. The molecule has 9 aliphatic heterocycles. The molecule has 129 heavy (non-hydrogen) atoms. The third-order valence-electron chi connectivity index (χ3n) is 28.7. The molecule has 13 aromatic rings. The van der Waals surface area contributed by atoms with Gasteiger partial charge in [-0.1, -0.05) is 136 Å². The lowest BCUT2D eigenvalue weighted by atomic mass is 9.73. The SMILES string of the molecule is CCOc1cccc(CN2[C@H]3Cc4c5cc(C)c(C(=O)O)cc5nn4[C@H]3[C@H](c3cccc(Cl)c3F)[C@]23C(=O)Nc2cc(Cl)ccc23)c1.COc1c(C(=O)O)ccc2c3n(nc12)[C@@H]1[C@H](C3)N(CC2CC2)[C@@]2(C(=O)Nc3cc(Cl)ccc32)[C@H]1c1cccc(Cl)c1F.O=C(O)c1ccc2nn3c(c2c1)C[C@H]1[C@@H]3[C@H](c2cccc(Cl)c2F)[C@]2(C(=O)Nc3cc(Cl)ccc32)N1CC1CC1. The molecule has 12 heterocycles. The molecule has 3 saturated heterocycles. The zero-order chi connectivity index (χ0) is 89.4. The topological polar surface area (TPSA) is 281 Å². The van der Waals surface area contributed by atoms with Gasteiger partial charge in [-0.3, -0.25) is 43.1 Å². The number of carbonyl (C=O) groups is 6. The van der Waals surface area contributed by atoms with Gasteiger partial charge in [0, 0.05) is 157 Å². The van der Waals surface area contributed by atoms with Gasteiger partial charge in [0.2, 0.25) is 17.7 Å². The van der Waals surface area contributed by atoms with E-state index in [1.165, 1.54) is 31.4 Å². The Kier molecular flexibility index (Phi) is 19.7. The molecule has 32 heteroatoms. The number of carboxylic acid groups (broad SMARTS) is 3. The van der Waals surface area contributed by atoms with Crippen molar-refractivity contribution >= 4 is 155 Å². The number of ether oxygens (including phenoxy) is 2. The van der Waals surface area contributed by atoms with Crippen LogP contribution in [0.1, 0.15) is 161 Å². The number of amides is 3. The molecule has 0 radical (unpaired) electrons. The van der Waals surface area contributed by atoms with Crippen molar-refractivity contribution in [2.24, 2.45) is 11.8 Å². The first-order valence-electron chi connectivity index (χ1n) is 42.7. The van der Waals surface area contributed by atoms with Gasteiger partial charge in [-0.05, 0) is 188 Å². The predicted octanol–water partition coefficient (Wildman–Crippen LogP) is 19.5. The maximum Gasteiger partial charge on any atom is 0.339 e. The van der Waals surface area contributed by atoms with Crippen LogP contribution < -0.4 is 25.4 Å². The number of fused-ring (bicyclic) bond motifs is 21. The molecular formula is C97H77Cl6F3N12O11. The molecule has 3 spiro atoms. The van der Waals surface area contributed by atoms with Crippen molar-refractivity contribution in [3.8, 4) is 11.5 Å². The van der Waals surface area contributed by atoms with Gasteiger partial charge >= 0.3 is 17.9 Å². The molecule has 12 atom stereocenters. The number of likely N-dealkylation sites (tertiary alicyclic amines) is 3. The van der Waals surface area contributed by atoms with Crippen LogP contribution in [0.3, 0.4) is 0 Å². The smallest absolute Gasteiger partial charge is 0.339 e. The molecule has 10 aromatic carbocycles. The second kappa shape index (κ2) is 30.5. The minimum absolute atomic E-state index is 0.00507. The summed E-state index contributed by atoms with van der Waals surface area (Å²) in [7, 11) is 1.42. The lowest BCUT2D eigenvalue weighted by Crippen LogP contribution is -2.53. The van der Waals surface area contributed by atoms with Gasteiger partial charge in [-0.25, -0.2) is 27.6 Å². The number of aromatic carboxylic acids is 3. The van der Waals surface area contributed by atoms with Crippen LogP contribution in [0.25, 0.3) is 32.7 Å². The average Bonchev–Trinajstić information content (AvgIpc) is 1.51. The number of rotatable bonds is 15. The fraction of sp³-hybridized carbons (Fsp3) is 0.289. The van der Waals surface area contributed by atoms with Crippen LogP contribution in [0.5, 0.6) is 11.5 Å². The highest BCUT2D eigenvalue weighted by atomic mass is 35.5. The summed E-state index contributed by atoms with van der Waals surface area (Å²) in [4.78, 5) is 85.9. The van der Waals surface area contributed by atoms with Crippen LogP contribution >= 0.6 is 69.6 Å². The molecule has 24 rings (SSSR count). The molecule has 654 valence electrons. The van der Waals surface area contributed by atoms with Crippen molar-refractivity contribution in [1.82, 2.24) is 44.0 Å². The molecule has 0 unspecified atom stereocenters. The zero-order valence-electron chi connectivity index (χ0n) is 68.9. The standard InChI is InChI=1S/C36H29Cl2FN4O4.C31H25Cl2FN4O4.C30H23Cl2FN4O3/c1-3-47-21-7-4-6-19(13-21)17-42-30-16-29-24-12-18(2)23(34(44)45)15-27(24)41-43(29)33(30)31(22-8-5-9-26(38)32(22)39)36(42)25-11-10-20(37)14-28(25)40-35(36)46;1-42-28-18(29(39)40)9-8-16-22-12-23-27(38(22)36-26(16)28)24(17-3-2-4-20(33)25(17)34)31(37(23)13-14-5-6-14)19-10-7-15(32)11-21(19)35-30(31)41;31-16-7-8-19-22(11-16)34-29(40)30(19)25(17-2-1-3-20(32)26(17)33)27-24(36(30)13-14-4-5-14)12-23-18-10-15(28(38)39)6-9-21(18)35-37(23)27/h4-15,30-31,33H,3,16-17H2,1-2H3,(H,40,46)(H,44,45);2-4,7-11,14,23-24,27H,5-6,12-13H2,1H3,(H,35,41)(H,39,40);1-3,6-11,14,24-25,27H,4-5,12-13H2,(H,34,40)(H,38,39)/t30-,31-,33+,36+;23-,24-,27+,31+;24-,25-,27+,30+/m000/s1. The number of anilines is 3. The summed E-state index contributed by atoms with van der Waals surface area (Å²) in [6, 6.07) is 48.3. The molecule has 6 N–H and O–H groups in total. The lowest BCUT2D eigenvalue weighted by Gasteiger charge is -2.40. The minimum atomic E-state index is -1.37. The molecule has 23 nitrogen and oxygen atoms in total. The van der Waals surface area contributed by atoms with E-state index in [4.69, 9.17) is 94.4 Å². The number of aryl methyl sites for hydroxylation is 1. The van der Waals surface area contributed by atoms with E-state index in [1.54, 1.807) is 110 Å². The van der Waals surface area contributed by atoms with Crippen molar-refractivity contribution in [2.75, 3.05) is 42.8 Å². The first-order valence-corrected chi connectivity index (χ1v) is 44.9.